The molecule has 1 unspecified atom stereocenters. The second-order valence-electron chi connectivity index (χ2n) is 5.79. The normalized spacial score (nSPS) is 12.8. The molecule has 24 heavy (non-hydrogen) atoms. The van der Waals surface area contributed by atoms with Crippen molar-refractivity contribution in [2.45, 2.75) is 31.3 Å². The van der Waals surface area contributed by atoms with Crippen LogP contribution in [0.25, 0.3) is 0 Å². The number of hydrogen-bond donors (Lipinski definition) is 2. The molecule has 0 aliphatic carbocycles. The van der Waals surface area contributed by atoms with Crippen LogP contribution in [-0.2, 0) is 16.4 Å². The van der Waals surface area contributed by atoms with E-state index in [0.29, 0.717) is 12.2 Å². The van der Waals surface area contributed by atoms with E-state index in [2.05, 4.69) is 4.72 Å². The van der Waals surface area contributed by atoms with Gasteiger partial charge in [0.1, 0.15) is 5.75 Å². The number of hydrogen-bond acceptors (Lipinski definition) is 4. The maximum absolute atomic E-state index is 12.4. The third kappa shape index (κ3) is 4.56. The second kappa shape index (κ2) is 7.79. The SMILES string of the molecule is COc1c(C)cc(S(=O)(=O)NCC(O)Cc2ccccc2)cc1C. The van der Waals surface area contributed by atoms with Crippen LogP contribution in [0.4, 0.5) is 0 Å². The Morgan fingerprint density at radius 2 is 1.71 bits per heavy atom. The van der Waals surface area contributed by atoms with Gasteiger partial charge in [-0.2, -0.15) is 0 Å². The number of ether oxygens (including phenoxy) is 1. The predicted octanol–water partition coefficient (Wildman–Crippen LogP) is 2.19. The smallest absolute Gasteiger partial charge is 0.240 e. The Balaban J connectivity index is 2.06. The predicted molar refractivity (Wildman–Crippen MR) is 93.8 cm³/mol. The highest BCUT2D eigenvalue weighted by Crippen LogP contribution is 2.26. The van der Waals surface area contributed by atoms with Crippen LogP contribution in [0.1, 0.15) is 16.7 Å². The first-order valence-corrected chi connectivity index (χ1v) is 9.18. The van der Waals surface area contributed by atoms with E-state index in [0.717, 1.165) is 16.7 Å². The van der Waals surface area contributed by atoms with Crippen LogP contribution in [0.15, 0.2) is 47.4 Å². The summed E-state index contributed by atoms with van der Waals surface area (Å²) < 4.78 is 32.6. The quantitative estimate of drug-likeness (QED) is 0.803. The molecule has 0 saturated heterocycles. The van der Waals surface area contributed by atoms with E-state index >= 15 is 0 Å². The molecule has 0 heterocycles. The number of sulfonamides is 1. The lowest BCUT2D eigenvalue weighted by molar-refractivity contribution is 0.179. The van der Waals surface area contributed by atoms with E-state index in [4.69, 9.17) is 4.74 Å². The molecule has 2 aromatic carbocycles. The van der Waals surface area contributed by atoms with Crippen molar-refractivity contribution in [1.82, 2.24) is 4.72 Å². The van der Waals surface area contributed by atoms with Crippen molar-refractivity contribution in [2.75, 3.05) is 13.7 Å². The summed E-state index contributed by atoms with van der Waals surface area (Å²) in [6.07, 6.45) is -0.396. The van der Waals surface area contributed by atoms with Gasteiger partial charge in [0.2, 0.25) is 10.0 Å². The van der Waals surface area contributed by atoms with Gasteiger partial charge in [0.05, 0.1) is 18.1 Å². The van der Waals surface area contributed by atoms with E-state index in [1.165, 1.54) is 0 Å². The Hall–Kier alpha value is -1.89. The highest BCUT2D eigenvalue weighted by atomic mass is 32.2. The Bertz CT molecular complexity index is 765. The Morgan fingerprint density at radius 1 is 1.12 bits per heavy atom. The van der Waals surface area contributed by atoms with Gasteiger partial charge in [-0.25, -0.2) is 13.1 Å². The molecule has 2 rings (SSSR count). The third-order valence-corrected chi connectivity index (χ3v) is 5.17. The second-order valence-corrected chi connectivity index (χ2v) is 7.55. The molecule has 0 aromatic heterocycles. The van der Waals surface area contributed by atoms with Gasteiger partial charge >= 0.3 is 0 Å². The molecule has 0 aliphatic rings. The summed E-state index contributed by atoms with van der Waals surface area (Å²) in [5.74, 6) is 0.679. The Morgan fingerprint density at radius 3 is 2.25 bits per heavy atom. The maximum Gasteiger partial charge on any atom is 0.240 e. The number of methoxy groups -OCH3 is 1. The molecule has 0 saturated carbocycles. The average molecular weight is 349 g/mol. The molecule has 0 spiro atoms. The number of rotatable bonds is 7. The third-order valence-electron chi connectivity index (χ3n) is 3.77. The molecule has 2 aromatic rings. The van der Waals surface area contributed by atoms with Gasteiger partial charge in [0.15, 0.2) is 0 Å². The summed E-state index contributed by atoms with van der Waals surface area (Å²) in [4.78, 5) is 0.171. The van der Waals surface area contributed by atoms with Crippen molar-refractivity contribution in [3.8, 4) is 5.75 Å². The standard InChI is InChI=1S/C18H23NO4S/c1-13-9-17(10-14(2)18(13)23-3)24(21,22)19-12-16(20)11-15-7-5-4-6-8-15/h4-10,16,19-20H,11-12H2,1-3H3. The highest BCUT2D eigenvalue weighted by molar-refractivity contribution is 7.89. The highest BCUT2D eigenvalue weighted by Gasteiger charge is 2.18. The largest absolute Gasteiger partial charge is 0.496 e. The minimum atomic E-state index is -3.68. The monoisotopic (exact) mass is 349 g/mol. The van der Waals surface area contributed by atoms with Crippen LogP contribution < -0.4 is 9.46 Å². The van der Waals surface area contributed by atoms with Gasteiger partial charge in [-0.3, -0.25) is 0 Å². The molecule has 0 amide bonds. The van der Waals surface area contributed by atoms with Gasteiger partial charge in [-0.15, -0.1) is 0 Å². The fourth-order valence-electron chi connectivity index (χ4n) is 2.64. The maximum atomic E-state index is 12.4. The van der Waals surface area contributed by atoms with Gasteiger partial charge in [-0.1, -0.05) is 30.3 Å². The Kier molecular flexibility index (Phi) is 5.99. The van der Waals surface area contributed by atoms with Crippen molar-refractivity contribution in [1.29, 1.82) is 0 Å². The molecular weight excluding hydrogens is 326 g/mol. The van der Waals surface area contributed by atoms with Crippen molar-refractivity contribution >= 4 is 10.0 Å². The van der Waals surface area contributed by atoms with Gasteiger partial charge < -0.3 is 9.84 Å². The van der Waals surface area contributed by atoms with E-state index < -0.39 is 16.1 Å². The first-order chi connectivity index (χ1) is 11.3. The molecule has 6 heteroatoms. The number of nitrogens with one attached hydrogen (secondary N) is 1. The first kappa shape index (κ1) is 18.4. The molecule has 2 N–H and O–H groups in total. The summed E-state index contributed by atoms with van der Waals surface area (Å²) in [6.45, 7) is 3.56. The van der Waals surface area contributed by atoms with Crippen molar-refractivity contribution in [3.05, 3.63) is 59.2 Å². The van der Waals surface area contributed by atoms with Gasteiger partial charge in [0, 0.05) is 6.54 Å². The summed E-state index contributed by atoms with van der Waals surface area (Å²) in [7, 11) is -2.13. The lowest BCUT2D eigenvalue weighted by Crippen LogP contribution is -2.33. The minimum Gasteiger partial charge on any atom is -0.496 e. The fraction of sp³-hybridized carbons (Fsp3) is 0.333. The summed E-state index contributed by atoms with van der Waals surface area (Å²) in [6, 6.07) is 12.6. The fourth-order valence-corrected chi connectivity index (χ4v) is 3.88. The summed E-state index contributed by atoms with van der Waals surface area (Å²) in [5, 5.41) is 10.1. The molecule has 0 bridgehead atoms. The van der Waals surface area contributed by atoms with Crippen molar-refractivity contribution in [3.63, 3.8) is 0 Å². The lowest BCUT2D eigenvalue weighted by atomic mass is 10.1. The molecule has 0 radical (unpaired) electrons. The zero-order valence-electron chi connectivity index (χ0n) is 14.1. The van der Waals surface area contributed by atoms with Crippen LogP contribution in [0.3, 0.4) is 0 Å². The number of benzene rings is 2. The van der Waals surface area contributed by atoms with E-state index in [-0.39, 0.29) is 11.4 Å². The Labute approximate surface area is 143 Å². The van der Waals surface area contributed by atoms with Crippen molar-refractivity contribution < 1.29 is 18.3 Å². The zero-order valence-corrected chi connectivity index (χ0v) is 14.9. The van der Waals surface area contributed by atoms with E-state index in [1.54, 1.807) is 33.1 Å². The average Bonchev–Trinajstić information content (AvgIpc) is 2.54. The van der Waals surface area contributed by atoms with Crippen LogP contribution in [0.2, 0.25) is 0 Å². The number of aryl methyl sites for hydroxylation is 2. The number of aliphatic hydroxyl groups is 1. The van der Waals surface area contributed by atoms with Crippen LogP contribution >= 0.6 is 0 Å². The zero-order chi connectivity index (χ0) is 17.7. The lowest BCUT2D eigenvalue weighted by Gasteiger charge is -2.14. The molecule has 0 aliphatic heterocycles. The molecule has 5 nitrogen and oxygen atoms in total. The molecule has 130 valence electrons. The van der Waals surface area contributed by atoms with Gasteiger partial charge in [0.25, 0.3) is 0 Å². The number of aliphatic hydroxyl groups excluding tert-OH is 1. The molecule has 0 fully saturated rings. The van der Waals surface area contributed by atoms with E-state index in [9.17, 15) is 13.5 Å². The van der Waals surface area contributed by atoms with Gasteiger partial charge in [-0.05, 0) is 49.1 Å². The summed E-state index contributed by atoms with van der Waals surface area (Å²) in [5.41, 5.74) is 2.46. The topological polar surface area (TPSA) is 75.6 Å². The summed E-state index contributed by atoms with van der Waals surface area (Å²) >= 11 is 0. The molecule has 1 atom stereocenters. The van der Waals surface area contributed by atoms with Crippen LogP contribution in [0, 0.1) is 13.8 Å². The van der Waals surface area contributed by atoms with Crippen LogP contribution in [-0.4, -0.2) is 33.3 Å². The minimum absolute atomic E-state index is 0.0403. The first-order valence-electron chi connectivity index (χ1n) is 7.70. The van der Waals surface area contributed by atoms with E-state index in [1.807, 2.05) is 30.3 Å². The molecular formula is C18H23NO4S. The van der Waals surface area contributed by atoms with Crippen LogP contribution in [0.5, 0.6) is 5.75 Å². The van der Waals surface area contributed by atoms with Crippen molar-refractivity contribution in [2.24, 2.45) is 0 Å².